The lowest BCUT2D eigenvalue weighted by molar-refractivity contribution is -0.138. The third kappa shape index (κ3) is 4.65. The molecule has 126 valence electrons. The summed E-state index contributed by atoms with van der Waals surface area (Å²) in [4.78, 5) is 17.4. The Kier molecular flexibility index (Phi) is 5.79. The highest BCUT2D eigenvalue weighted by atomic mass is 79.9. The zero-order valence-corrected chi connectivity index (χ0v) is 15.7. The molecule has 0 saturated heterocycles. The summed E-state index contributed by atoms with van der Waals surface area (Å²) in [5, 5.41) is 11.6. The lowest BCUT2D eigenvalue weighted by Gasteiger charge is -2.12. The van der Waals surface area contributed by atoms with Gasteiger partial charge in [0.15, 0.2) is 6.04 Å². The number of rotatable bonds is 6. The van der Waals surface area contributed by atoms with Crippen molar-refractivity contribution in [1.29, 1.82) is 0 Å². The van der Waals surface area contributed by atoms with Crippen LogP contribution in [0.2, 0.25) is 0 Å². The number of nitrogens with zero attached hydrogens (tertiary/aromatic N) is 1. The Balaban J connectivity index is 2.01. The highest BCUT2D eigenvalue weighted by Crippen LogP contribution is 2.22. The normalized spacial score (nSPS) is 11.7. The number of benzene rings is 2. The zero-order chi connectivity index (χ0) is 17.6. The molecular weight excluding hydrogens is 398 g/mol. The SMILES string of the molecule is O=C(O)[C@H](Cc1cc(Br)cs1)N=C(c1ccccc1)c1ccccc1. The van der Waals surface area contributed by atoms with Gasteiger partial charge in [0.25, 0.3) is 0 Å². The molecule has 1 N–H and O–H groups in total. The van der Waals surface area contributed by atoms with Gasteiger partial charge in [0, 0.05) is 32.3 Å². The number of thiophene rings is 1. The molecule has 0 saturated carbocycles. The fourth-order valence-corrected chi connectivity index (χ4v) is 3.99. The van der Waals surface area contributed by atoms with Crippen molar-refractivity contribution in [2.24, 2.45) is 4.99 Å². The van der Waals surface area contributed by atoms with Crippen molar-refractivity contribution >= 4 is 38.9 Å². The third-order valence-electron chi connectivity index (χ3n) is 3.68. The Morgan fingerprint density at radius 3 is 2.04 bits per heavy atom. The van der Waals surface area contributed by atoms with E-state index in [1.54, 1.807) is 0 Å². The van der Waals surface area contributed by atoms with Crippen LogP contribution >= 0.6 is 27.3 Å². The van der Waals surface area contributed by atoms with Gasteiger partial charge in [0.05, 0.1) is 5.71 Å². The van der Waals surface area contributed by atoms with Crippen LogP contribution in [0.3, 0.4) is 0 Å². The molecule has 5 heteroatoms. The number of aliphatic imine (C=N–C) groups is 1. The Labute approximate surface area is 158 Å². The minimum Gasteiger partial charge on any atom is -0.480 e. The summed E-state index contributed by atoms with van der Waals surface area (Å²) in [7, 11) is 0. The molecule has 1 atom stereocenters. The number of hydrogen-bond donors (Lipinski definition) is 1. The molecule has 0 aliphatic carbocycles. The first-order chi connectivity index (χ1) is 12.1. The van der Waals surface area contributed by atoms with Gasteiger partial charge in [-0.2, -0.15) is 0 Å². The maximum atomic E-state index is 11.8. The molecule has 2 aromatic carbocycles. The van der Waals surface area contributed by atoms with Gasteiger partial charge in [-0.25, -0.2) is 4.79 Å². The van der Waals surface area contributed by atoms with E-state index >= 15 is 0 Å². The van der Waals surface area contributed by atoms with E-state index in [4.69, 9.17) is 0 Å². The molecule has 0 unspecified atom stereocenters. The van der Waals surface area contributed by atoms with Gasteiger partial charge in [-0.3, -0.25) is 4.99 Å². The highest BCUT2D eigenvalue weighted by molar-refractivity contribution is 9.10. The van der Waals surface area contributed by atoms with E-state index in [0.717, 1.165) is 20.5 Å². The fourth-order valence-electron chi connectivity index (χ4n) is 2.50. The molecule has 3 nitrogen and oxygen atoms in total. The minimum absolute atomic E-state index is 0.370. The van der Waals surface area contributed by atoms with Crippen molar-refractivity contribution in [1.82, 2.24) is 0 Å². The van der Waals surface area contributed by atoms with Gasteiger partial charge >= 0.3 is 5.97 Å². The average Bonchev–Trinajstić information content (AvgIpc) is 3.05. The second-order valence-electron chi connectivity index (χ2n) is 5.50. The summed E-state index contributed by atoms with van der Waals surface area (Å²) < 4.78 is 0.965. The van der Waals surface area contributed by atoms with Crippen LogP contribution in [0.4, 0.5) is 0 Å². The molecule has 25 heavy (non-hydrogen) atoms. The van der Waals surface area contributed by atoms with E-state index in [-0.39, 0.29) is 0 Å². The predicted octanol–water partition coefficient (Wildman–Crippen LogP) is 5.04. The van der Waals surface area contributed by atoms with E-state index in [1.807, 2.05) is 72.1 Å². The van der Waals surface area contributed by atoms with Crippen molar-refractivity contribution in [2.45, 2.75) is 12.5 Å². The number of carbonyl (C=O) groups is 1. The van der Waals surface area contributed by atoms with Crippen LogP contribution in [0, 0.1) is 0 Å². The van der Waals surface area contributed by atoms with Crippen LogP contribution in [0.15, 0.2) is 81.6 Å². The van der Waals surface area contributed by atoms with E-state index in [2.05, 4.69) is 20.9 Å². The van der Waals surface area contributed by atoms with Crippen LogP contribution in [0.5, 0.6) is 0 Å². The van der Waals surface area contributed by atoms with Crippen LogP contribution in [-0.4, -0.2) is 22.8 Å². The Hall–Kier alpha value is -2.24. The van der Waals surface area contributed by atoms with Crippen molar-refractivity contribution in [2.75, 3.05) is 0 Å². The smallest absolute Gasteiger partial charge is 0.328 e. The second-order valence-corrected chi connectivity index (χ2v) is 7.41. The summed E-state index contributed by atoms with van der Waals surface area (Å²) >= 11 is 4.95. The van der Waals surface area contributed by atoms with Gasteiger partial charge in [0.2, 0.25) is 0 Å². The standard InChI is InChI=1S/C20H16BrNO2S/c21-16-11-17(25-13-16)12-18(20(23)24)22-19(14-7-3-1-4-8-14)15-9-5-2-6-10-15/h1-11,13,18H,12H2,(H,23,24)/t18-/m0/s1. The second kappa shape index (κ2) is 8.23. The molecular formula is C20H16BrNO2S. The molecule has 0 radical (unpaired) electrons. The van der Waals surface area contributed by atoms with Gasteiger partial charge in [-0.1, -0.05) is 60.7 Å². The minimum atomic E-state index is -0.922. The molecule has 0 aliphatic heterocycles. The van der Waals surface area contributed by atoms with Crippen LogP contribution in [-0.2, 0) is 11.2 Å². The number of carboxylic acid groups (broad SMARTS) is 1. The third-order valence-corrected chi connectivity index (χ3v) is 5.40. The number of aliphatic carboxylic acids is 1. The quantitative estimate of drug-likeness (QED) is 0.575. The Bertz CT molecular complexity index is 833. The van der Waals surface area contributed by atoms with Crippen LogP contribution in [0.25, 0.3) is 0 Å². The van der Waals surface area contributed by atoms with Crippen molar-refractivity contribution in [3.63, 3.8) is 0 Å². The van der Waals surface area contributed by atoms with Crippen molar-refractivity contribution < 1.29 is 9.90 Å². The number of hydrogen-bond acceptors (Lipinski definition) is 3. The molecule has 0 bridgehead atoms. The summed E-state index contributed by atoms with van der Waals surface area (Å²) in [6.07, 6.45) is 0.370. The molecule has 1 aromatic heterocycles. The Morgan fingerprint density at radius 1 is 1.04 bits per heavy atom. The Morgan fingerprint density at radius 2 is 1.60 bits per heavy atom. The van der Waals surface area contributed by atoms with Crippen LogP contribution < -0.4 is 0 Å². The van der Waals surface area contributed by atoms with Gasteiger partial charge in [-0.15, -0.1) is 11.3 Å². The van der Waals surface area contributed by atoms with E-state index in [9.17, 15) is 9.90 Å². The van der Waals surface area contributed by atoms with Crippen molar-refractivity contribution in [3.05, 3.63) is 92.6 Å². The topological polar surface area (TPSA) is 49.7 Å². The van der Waals surface area contributed by atoms with E-state index in [1.165, 1.54) is 11.3 Å². The molecule has 3 rings (SSSR count). The molecule has 0 fully saturated rings. The van der Waals surface area contributed by atoms with E-state index in [0.29, 0.717) is 12.1 Å². The molecule has 0 aliphatic rings. The predicted molar refractivity (Wildman–Crippen MR) is 106 cm³/mol. The van der Waals surface area contributed by atoms with E-state index < -0.39 is 12.0 Å². The number of halogens is 1. The van der Waals surface area contributed by atoms with Gasteiger partial charge in [0.1, 0.15) is 0 Å². The van der Waals surface area contributed by atoms with Gasteiger partial charge in [-0.05, 0) is 22.0 Å². The fraction of sp³-hybridized carbons (Fsp3) is 0.100. The van der Waals surface area contributed by atoms with Crippen molar-refractivity contribution in [3.8, 4) is 0 Å². The van der Waals surface area contributed by atoms with Crippen LogP contribution in [0.1, 0.15) is 16.0 Å². The summed E-state index contributed by atoms with van der Waals surface area (Å²) in [5.41, 5.74) is 2.52. The zero-order valence-electron chi connectivity index (χ0n) is 13.3. The largest absolute Gasteiger partial charge is 0.480 e. The first kappa shape index (κ1) is 17.6. The number of carboxylic acids is 1. The summed E-state index contributed by atoms with van der Waals surface area (Å²) in [6.45, 7) is 0. The summed E-state index contributed by atoms with van der Waals surface area (Å²) in [6, 6.07) is 20.5. The summed E-state index contributed by atoms with van der Waals surface area (Å²) in [5.74, 6) is -0.922. The molecule has 1 heterocycles. The highest BCUT2D eigenvalue weighted by Gasteiger charge is 2.20. The molecule has 0 spiro atoms. The monoisotopic (exact) mass is 413 g/mol. The first-order valence-corrected chi connectivity index (χ1v) is 9.45. The average molecular weight is 414 g/mol. The molecule has 0 amide bonds. The lowest BCUT2D eigenvalue weighted by Crippen LogP contribution is -2.23. The maximum Gasteiger partial charge on any atom is 0.328 e. The lowest BCUT2D eigenvalue weighted by atomic mass is 10.0. The first-order valence-electron chi connectivity index (χ1n) is 7.78. The maximum absolute atomic E-state index is 11.8. The molecule has 3 aromatic rings. The van der Waals surface area contributed by atoms with Gasteiger partial charge < -0.3 is 5.11 Å².